The molecule has 0 amide bonds. The molecule has 5 nitrogen and oxygen atoms in total. The number of hydrogen-bond acceptors (Lipinski definition) is 5. The third-order valence-electron chi connectivity index (χ3n) is 11.2. The fraction of sp³-hybridized carbons (Fsp3) is 0.754. The number of esters is 2. The van der Waals surface area contributed by atoms with E-state index in [0.717, 1.165) is 96.3 Å². The van der Waals surface area contributed by atoms with E-state index in [0.29, 0.717) is 19.4 Å². The van der Waals surface area contributed by atoms with Gasteiger partial charge in [0.25, 0.3) is 0 Å². The van der Waals surface area contributed by atoms with Crippen molar-refractivity contribution in [3.05, 3.63) is 72.9 Å². The Bertz CT molecular complexity index is 1110. The number of allylic oxidation sites excluding steroid dienone is 12. The van der Waals surface area contributed by atoms with Crippen molar-refractivity contribution >= 4 is 11.9 Å². The maximum Gasteiger partial charge on any atom is 0.306 e. The third kappa shape index (κ3) is 50.0. The number of rotatable bonds is 48. The summed E-state index contributed by atoms with van der Waals surface area (Å²) in [7, 11) is 0. The number of ether oxygens (including phenoxy) is 3. The predicted molar refractivity (Wildman–Crippen MR) is 270 cm³/mol. The van der Waals surface area contributed by atoms with Gasteiger partial charge >= 0.3 is 11.9 Å². The first-order chi connectivity index (χ1) is 30.6. The molecule has 0 saturated carbocycles. The first-order valence-corrected chi connectivity index (χ1v) is 26.5. The van der Waals surface area contributed by atoms with Crippen LogP contribution in [0.25, 0.3) is 0 Å². The Morgan fingerprint density at radius 1 is 0.371 bits per heavy atom. The van der Waals surface area contributed by atoms with Crippen molar-refractivity contribution in [3.8, 4) is 0 Å². The summed E-state index contributed by atoms with van der Waals surface area (Å²) in [5.74, 6) is -0.440. The summed E-state index contributed by atoms with van der Waals surface area (Å²) in [4.78, 5) is 25.4. The molecule has 1 atom stereocenters. The topological polar surface area (TPSA) is 61.8 Å². The minimum Gasteiger partial charge on any atom is -0.462 e. The normalized spacial score (nSPS) is 12.8. The maximum atomic E-state index is 12.8. The van der Waals surface area contributed by atoms with E-state index in [1.165, 1.54) is 122 Å². The highest BCUT2D eigenvalue weighted by Gasteiger charge is 2.17. The van der Waals surface area contributed by atoms with E-state index in [-0.39, 0.29) is 25.2 Å². The van der Waals surface area contributed by atoms with E-state index in [1.54, 1.807) is 0 Å². The second-order valence-electron chi connectivity index (χ2n) is 17.4. The SMILES string of the molecule is CC/C=C\C/C=C\C/C=C\C/C=C\C/C=C\CCCCCC(=O)O[C@H](COCCCCCCCCCCCCCCCCCC)COC(=O)CCCCCCC/C=C\CCCC. The van der Waals surface area contributed by atoms with Gasteiger partial charge in [0, 0.05) is 19.4 Å². The van der Waals surface area contributed by atoms with Gasteiger partial charge < -0.3 is 14.2 Å². The zero-order valence-corrected chi connectivity index (χ0v) is 41.1. The summed E-state index contributed by atoms with van der Waals surface area (Å²) in [6.07, 6.45) is 67.7. The number of hydrogen-bond donors (Lipinski definition) is 0. The molecule has 0 bridgehead atoms. The third-order valence-corrected chi connectivity index (χ3v) is 11.2. The van der Waals surface area contributed by atoms with Crippen molar-refractivity contribution in [3.63, 3.8) is 0 Å². The minimum atomic E-state index is -0.556. The first kappa shape index (κ1) is 59.3. The molecule has 0 N–H and O–H groups in total. The highest BCUT2D eigenvalue weighted by molar-refractivity contribution is 5.70. The van der Waals surface area contributed by atoms with Gasteiger partial charge in [-0.15, -0.1) is 0 Å². The van der Waals surface area contributed by atoms with Crippen LogP contribution in [-0.2, 0) is 23.8 Å². The van der Waals surface area contributed by atoms with Gasteiger partial charge in [0.2, 0.25) is 0 Å². The van der Waals surface area contributed by atoms with Gasteiger partial charge in [0.05, 0.1) is 6.61 Å². The molecule has 0 fully saturated rings. The molecular weight excluding hydrogens is 765 g/mol. The molecule has 358 valence electrons. The quantitative estimate of drug-likeness (QED) is 0.0346. The van der Waals surface area contributed by atoms with Crippen LogP contribution in [0, 0.1) is 0 Å². The Morgan fingerprint density at radius 3 is 1.24 bits per heavy atom. The molecule has 0 aliphatic carbocycles. The van der Waals surface area contributed by atoms with Gasteiger partial charge in [-0.05, 0) is 83.5 Å². The Hall–Kier alpha value is -2.66. The first-order valence-electron chi connectivity index (χ1n) is 26.5. The van der Waals surface area contributed by atoms with Gasteiger partial charge in [0.1, 0.15) is 6.61 Å². The van der Waals surface area contributed by atoms with Crippen molar-refractivity contribution in [2.24, 2.45) is 0 Å². The van der Waals surface area contributed by atoms with Crippen LogP contribution < -0.4 is 0 Å². The van der Waals surface area contributed by atoms with E-state index in [1.807, 2.05) is 0 Å². The zero-order valence-electron chi connectivity index (χ0n) is 41.1. The average molecular weight is 865 g/mol. The highest BCUT2D eigenvalue weighted by Crippen LogP contribution is 2.15. The lowest BCUT2D eigenvalue weighted by atomic mass is 10.0. The van der Waals surface area contributed by atoms with Crippen LogP contribution in [0.5, 0.6) is 0 Å². The van der Waals surface area contributed by atoms with E-state index in [2.05, 4.69) is 93.7 Å². The molecule has 0 unspecified atom stereocenters. The van der Waals surface area contributed by atoms with Crippen molar-refractivity contribution in [2.45, 2.75) is 258 Å². The molecule has 0 heterocycles. The van der Waals surface area contributed by atoms with Crippen molar-refractivity contribution < 1.29 is 23.8 Å². The summed E-state index contributed by atoms with van der Waals surface area (Å²) in [5.41, 5.74) is 0. The Kier molecular flexibility index (Phi) is 50.4. The Labute approximate surface area is 385 Å². The van der Waals surface area contributed by atoms with Crippen LogP contribution in [0.4, 0.5) is 0 Å². The lowest BCUT2D eigenvalue weighted by Crippen LogP contribution is -2.30. The van der Waals surface area contributed by atoms with Crippen LogP contribution in [0.3, 0.4) is 0 Å². The maximum absolute atomic E-state index is 12.8. The molecule has 0 aliphatic rings. The van der Waals surface area contributed by atoms with Gasteiger partial charge in [-0.1, -0.05) is 229 Å². The van der Waals surface area contributed by atoms with E-state index in [9.17, 15) is 9.59 Å². The molecule has 0 saturated heterocycles. The molecule has 0 aromatic carbocycles. The summed E-state index contributed by atoms with van der Waals surface area (Å²) < 4.78 is 17.4. The monoisotopic (exact) mass is 865 g/mol. The average Bonchev–Trinajstić information content (AvgIpc) is 3.27. The van der Waals surface area contributed by atoms with Crippen LogP contribution >= 0.6 is 0 Å². The number of unbranched alkanes of at least 4 members (excludes halogenated alkanes) is 25. The van der Waals surface area contributed by atoms with Gasteiger partial charge in [0.15, 0.2) is 6.10 Å². The highest BCUT2D eigenvalue weighted by atomic mass is 16.6. The fourth-order valence-electron chi connectivity index (χ4n) is 7.28. The Balaban J connectivity index is 4.31. The van der Waals surface area contributed by atoms with Crippen molar-refractivity contribution in [1.82, 2.24) is 0 Å². The minimum absolute atomic E-state index is 0.0674. The molecule has 0 rings (SSSR count). The number of carbonyl (C=O) groups is 2. The van der Waals surface area contributed by atoms with Crippen LogP contribution in [-0.4, -0.2) is 37.9 Å². The molecule has 0 radical (unpaired) electrons. The fourth-order valence-corrected chi connectivity index (χ4v) is 7.28. The lowest BCUT2D eigenvalue weighted by molar-refractivity contribution is -0.163. The van der Waals surface area contributed by atoms with E-state index < -0.39 is 6.10 Å². The van der Waals surface area contributed by atoms with Gasteiger partial charge in [-0.2, -0.15) is 0 Å². The van der Waals surface area contributed by atoms with Gasteiger partial charge in [-0.3, -0.25) is 9.59 Å². The van der Waals surface area contributed by atoms with E-state index in [4.69, 9.17) is 14.2 Å². The summed E-state index contributed by atoms with van der Waals surface area (Å²) in [6, 6.07) is 0. The van der Waals surface area contributed by atoms with E-state index >= 15 is 0 Å². The van der Waals surface area contributed by atoms with Crippen molar-refractivity contribution in [2.75, 3.05) is 19.8 Å². The smallest absolute Gasteiger partial charge is 0.306 e. The molecule has 0 spiro atoms. The van der Waals surface area contributed by atoms with Crippen LogP contribution in [0.2, 0.25) is 0 Å². The second-order valence-corrected chi connectivity index (χ2v) is 17.4. The zero-order chi connectivity index (χ0) is 44.9. The van der Waals surface area contributed by atoms with Crippen LogP contribution in [0.1, 0.15) is 252 Å². The summed E-state index contributed by atoms with van der Waals surface area (Å²) in [5, 5.41) is 0. The summed E-state index contributed by atoms with van der Waals surface area (Å²) >= 11 is 0. The largest absolute Gasteiger partial charge is 0.462 e. The lowest BCUT2D eigenvalue weighted by Gasteiger charge is -2.18. The van der Waals surface area contributed by atoms with Crippen molar-refractivity contribution in [1.29, 1.82) is 0 Å². The molecule has 0 aromatic rings. The standard InChI is InChI=1S/C57H100O5/c1-4-7-10-13-16-19-22-24-26-28-29-30-31-33-36-39-42-45-48-51-57(59)62-55(54-61-56(58)50-47-44-41-38-35-21-18-15-12-9-6-3)53-60-52-49-46-43-40-37-34-32-27-25-23-20-17-14-11-8-5-2/h7,10,15-16,18-19,24,26,29-30,33,36,55H,4-6,8-9,11-14,17,20-23,25,27-28,31-32,34-35,37-54H2,1-3H3/b10-7-,18-15-,19-16-,26-24-,30-29-,36-33-/t55-/m1/s1. The Morgan fingerprint density at radius 2 is 0.742 bits per heavy atom. The second kappa shape index (κ2) is 52.7. The summed E-state index contributed by atoms with van der Waals surface area (Å²) in [6.45, 7) is 7.66. The molecule has 5 heteroatoms. The molecule has 62 heavy (non-hydrogen) atoms. The van der Waals surface area contributed by atoms with Crippen LogP contribution in [0.15, 0.2) is 72.9 Å². The molecular formula is C57H100O5. The molecule has 0 aromatic heterocycles. The predicted octanol–water partition coefficient (Wildman–Crippen LogP) is 17.9. The number of carbonyl (C=O) groups excluding carboxylic acids is 2. The van der Waals surface area contributed by atoms with Gasteiger partial charge in [-0.25, -0.2) is 0 Å². The molecule has 0 aliphatic heterocycles.